The predicted molar refractivity (Wildman–Crippen MR) is 131 cm³/mol. The molecule has 3 aromatic rings. The number of amides is 1. The summed E-state index contributed by atoms with van der Waals surface area (Å²) < 4.78 is 5.63. The van der Waals surface area contributed by atoms with Gasteiger partial charge in [-0.15, -0.1) is 0 Å². The Hall–Kier alpha value is -3.15. The molecule has 1 amide bonds. The smallest absolute Gasteiger partial charge is 0.251 e. The van der Waals surface area contributed by atoms with Crippen LogP contribution in [0.1, 0.15) is 61.9 Å². The molecule has 1 saturated carbocycles. The maximum atomic E-state index is 12.8. The van der Waals surface area contributed by atoms with E-state index in [1.807, 2.05) is 44.3 Å². The molecule has 0 unspecified atom stereocenters. The highest BCUT2D eigenvalue weighted by Crippen LogP contribution is 2.27. The van der Waals surface area contributed by atoms with Crippen molar-refractivity contribution in [2.24, 2.45) is 0 Å². The summed E-state index contributed by atoms with van der Waals surface area (Å²) in [5.41, 5.74) is 10.6. The van der Waals surface area contributed by atoms with Crippen LogP contribution in [0.2, 0.25) is 0 Å². The lowest BCUT2D eigenvalue weighted by Crippen LogP contribution is -2.34. The molecule has 1 aliphatic carbocycles. The molecule has 6 heteroatoms. The Morgan fingerprint density at radius 3 is 2.75 bits per heavy atom. The number of anilines is 2. The number of nitrogens with two attached hydrogens (primary N) is 1. The van der Waals surface area contributed by atoms with Crippen molar-refractivity contribution in [2.75, 3.05) is 17.7 Å². The molecule has 0 aliphatic heterocycles. The van der Waals surface area contributed by atoms with Crippen molar-refractivity contribution in [1.82, 2.24) is 10.3 Å². The van der Waals surface area contributed by atoms with Gasteiger partial charge in [0.25, 0.3) is 5.91 Å². The van der Waals surface area contributed by atoms with Gasteiger partial charge < -0.3 is 26.1 Å². The Bertz CT molecular complexity index is 1070. The molecular weight excluding hydrogens is 400 g/mol. The van der Waals surface area contributed by atoms with E-state index in [-0.39, 0.29) is 11.9 Å². The van der Waals surface area contributed by atoms with Crippen LogP contribution >= 0.6 is 0 Å². The molecule has 1 aromatic heterocycles. The molecule has 170 valence electrons. The number of carbonyl (C=O) groups excluding carboxylic acids is 1. The highest BCUT2D eigenvalue weighted by atomic mass is 16.5. The molecule has 5 N–H and O–H groups in total. The van der Waals surface area contributed by atoms with Gasteiger partial charge in [0.1, 0.15) is 5.75 Å². The molecule has 1 aliphatic rings. The minimum absolute atomic E-state index is 0.0292. The largest absolute Gasteiger partial charge is 0.494 e. The van der Waals surface area contributed by atoms with Gasteiger partial charge in [0, 0.05) is 34.7 Å². The summed E-state index contributed by atoms with van der Waals surface area (Å²) in [6.45, 7) is 4.63. The molecule has 0 bridgehead atoms. The lowest BCUT2D eigenvalue weighted by molar-refractivity contribution is 0.0940. The maximum Gasteiger partial charge on any atom is 0.251 e. The molecule has 0 radical (unpaired) electrons. The highest BCUT2D eigenvalue weighted by Gasteiger charge is 2.17. The van der Waals surface area contributed by atoms with Crippen molar-refractivity contribution in [3.8, 4) is 5.75 Å². The van der Waals surface area contributed by atoms with E-state index >= 15 is 0 Å². The van der Waals surface area contributed by atoms with E-state index < -0.39 is 0 Å². The van der Waals surface area contributed by atoms with E-state index in [9.17, 15) is 4.79 Å². The summed E-state index contributed by atoms with van der Waals surface area (Å²) in [6.07, 6.45) is 8.93. The Balaban J connectivity index is 1.38. The molecule has 1 atom stereocenters. The number of ether oxygens (including phenoxy) is 1. The number of rotatable bonds is 8. The van der Waals surface area contributed by atoms with Crippen molar-refractivity contribution >= 4 is 28.2 Å². The van der Waals surface area contributed by atoms with Crippen LogP contribution in [0.5, 0.6) is 5.75 Å². The molecular formula is C26H34N4O2. The predicted octanol–water partition coefficient (Wildman–Crippen LogP) is 5.25. The Kier molecular flexibility index (Phi) is 6.88. The zero-order valence-electron chi connectivity index (χ0n) is 19.0. The van der Waals surface area contributed by atoms with Gasteiger partial charge in [-0.25, -0.2) is 0 Å². The summed E-state index contributed by atoms with van der Waals surface area (Å²) in [6, 6.07) is 12.0. The Morgan fingerprint density at radius 2 is 2.00 bits per heavy atom. The molecule has 0 saturated heterocycles. The molecule has 2 aromatic carbocycles. The van der Waals surface area contributed by atoms with Gasteiger partial charge in [-0.05, 0) is 75.1 Å². The summed E-state index contributed by atoms with van der Waals surface area (Å²) >= 11 is 0. The fraction of sp³-hybridized carbons (Fsp3) is 0.423. The van der Waals surface area contributed by atoms with Crippen molar-refractivity contribution in [3.63, 3.8) is 0 Å². The Labute approximate surface area is 189 Å². The van der Waals surface area contributed by atoms with Crippen molar-refractivity contribution in [3.05, 3.63) is 53.7 Å². The zero-order chi connectivity index (χ0) is 22.5. The second-order valence-electron chi connectivity index (χ2n) is 8.81. The van der Waals surface area contributed by atoms with Crippen LogP contribution in [0, 0.1) is 0 Å². The van der Waals surface area contributed by atoms with Gasteiger partial charge in [0.2, 0.25) is 0 Å². The number of carbonyl (C=O) groups is 1. The van der Waals surface area contributed by atoms with E-state index in [2.05, 4.69) is 21.7 Å². The number of hydrogen-bond donors (Lipinski definition) is 4. The first-order valence-corrected chi connectivity index (χ1v) is 11.7. The van der Waals surface area contributed by atoms with Gasteiger partial charge in [0.15, 0.2) is 0 Å². The third kappa shape index (κ3) is 5.18. The first-order chi connectivity index (χ1) is 15.5. The topological polar surface area (TPSA) is 92.2 Å². The lowest BCUT2D eigenvalue weighted by atomic mass is 9.95. The highest BCUT2D eigenvalue weighted by molar-refractivity contribution is 5.96. The minimum Gasteiger partial charge on any atom is -0.494 e. The van der Waals surface area contributed by atoms with Crippen molar-refractivity contribution < 1.29 is 9.53 Å². The number of fused-ring (bicyclic) bond motifs is 1. The molecule has 32 heavy (non-hydrogen) atoms. The quantitative estimate of drug-likeness (QED) is 0.364. The Morgan fingerprint density at radius 1 is 1.19 bits per heavy atom. The molecule has 1 heterocycles. The number of nitrogens with one attached hydrogen (secondary N) is 3. The average molecular weight is 435 g/mol. The third-order valence-corrected chi connectivity index (χ3v) is 6.23. The first-order valence-electron chi connectivity index (χ1n) is 11.7. The SMILES string of the molecule is CCOc1ccc2[nH]cc(C[C@@H](C)NC(=O)c3ccc(NC4CCCCC4)c(N)c3)c2c1. The number of benzene rings is 2. The second-order valence-corrected chi connectivity index (χ2v) is 8.81. The van der Waals surface area contributed by atoms with E-state index in [1.165, 1.54) is 32.1 Å². The van der Waals surface area contributed by atoms with Gasteiger partial charge in [-0.2, -0.15) is 0 Å². The fourth-order valence-electron chi connectivity index (χ4n) is 4.57. The van der Waals surface area contributed by atoms with E-state index in [0.29, 0.717) is 23.9 Å². The van der Waals surface area contributed by atoms with Gasteiger partial charge in [-0.1, -0.05) is 19.3 Å². The van der Waals surface area contributed by atoms with Crippen molar-refractivity contribution in [1.29, 1.82) is 0 Å². The maximum absolute atomic E-state index is 12.8. The molecule has 6 nitrogen and oxygen atoms in total. The zero-order valence-corrected chi connectivity index (χ0v) is 19.0. The van der Waals surface area contributed by atoms with Crippen LogP contribution in [-0.4, -0.2) is 29.6 Å². The standard InChI is InChI=1S/C26H34N4O2/c1-3-32-21-10-12-24-22(15-21)19(16-28-24)13-17(2)29-26(31)18-9-11-25(23(27)14-18)30-20-7-5-4-6-8-20/h9-12,14-17,20,28,30H,3-8,13,27H2,1-2H3,(H,29,31)/t17-/m1/s1. The van der Waals surface area contributed by atoms with Gasteiger partial charge in [-0.3, -0.25) is 4.79 Å². The van der Waals surface area contributed by atoms with Crippen LogP contribution in [0.4, 0.5) is 11.4 Å². The van der Waals surface area contributed by atoms with Crippen LogP contribution in [-0.2, 0) is 6.42 Å². The van der Waals surface area contributed by atoms with Crippen LogP contribution in [0.3, 0.4) is 0 Å². The summed E-state index contributed by atoms with van der Waals surface area (Å²) in [4.78, 5) is 16.1. The molecule has 4 rings (SSSR count). The van der Waals surface area contributed by atoms with Crippen LogP contribution in [0.15, 0.2) is 42.6 Å². The van der Waals surface area contributed by atoms with Crippen LogP contribution in [0.25, 0.3) is 10.9 Å². The summed E-state index contributed by atoms with van der Waals surface area (Å²) in [7, 11) is 0. The minimum atomic E-state index is -0.108. The lowest BCUT2D eigenvalue weighted by Gasteiger charge is -2.24. The number of hydrogen-bond acceptors (Lipinski definition) is 4. The van der Waals surface area contributed by atoms with Gasteiger partial charge in [0.05, 0.1) is 18.0 Å². The van der Waals surface area contributed by atoms with E-state index in [0.717, 1.165) is 34.3 Å². The van der Waals surface area contributed by atoms with E-state index in [4.69, 9.17) is 10.5 Å². The normalized spacial score (nSPS) is 15.4. The first kappa shape index (κ1) is 22.1. The van der Waals surface area contributed by atoms with Gasteiger partial charge >= 0.3 is 0 Å². The number of nitrogen functional groups attached to an aromatic ring is 1. The monoisotopic (exact) mass is 434 g/mol. The fourth-order valence-corrected chi connectivity index (χ4v) is 4.57. The summed E-state index contributed by atoms with van der Waals surface area (Å²) in [5, 5.41) is 7.78. The molecule has 1 fully saturated rings. The number of H-pyrrole nitrogens is 1. The molecule has 0 spiro atoms. The third-order valence-electron chi connectivity index (χ3n) is 6.23. The summed E-state index contributed by atoms with van der Waals surface area (Å²) in [5.74, 6) is 0.748. The second kappa shape index (κ2) is 9.98. The number of aromatic nitrogens is 1. The average Bonchev–Trinajstić information content (AvgIpc) is 3.18. The van der Waals surface area contributed by atoms with Crippen LogP contribution < -0.4 is 21.1 Å². The number of aromatic amines is 1. The van der Waals surface area contributed by atoms with Crippen molar-refractivity contribution in [2.45, 2.75) is 64.5 Å². The van der Waals surface area contributed by atoms with E-state index in [1.54, 1.807) is 6.07 Å².